The van der Waals surface area contributed by atoms with Crippen LogP contribution < -0.4 is 15.7 Å². The molecule has 1 amide bonds. The number of carbonyl (C=O) groups excluding carboxylic acids is 2. The highest BCUT2D eigenvalue weighted by Crippen LogP contribution is 2.35. The first kappa shape index (κ1) is 27.8. The number of rotatable bonds is 11. The van der Waals surface area contributed by atoms with Crippen molar-refractivity contribution >= 4 is 28.2 Å². The smallest absolute Gasteiger partial charge is 0.329 e. The molecule has 39 heavy (non-hydrogen) atoms. The Morgan fingerprint density at radius 2 is 1.85 bits per heavy atom. The van der Waals surface area contributed by atoms with E-state index in [1.54, 1.807) is 36.6 Å². The van der Waals surface area contributed by atoms with Crippen molar-refractivity contribution in [1.29, 1.82) is 0 Å². The molecule has 4 aromatic rings. The number of amides is 1. The summed E-state index contributed by atoms with van der Waals surface area (Å²) in [6.45, 7) is 4.48. The maximum atomic E-state index is 13.6. The van der Waals surface area contributed by atoms with E-state index in [0.717, 1.165) is 28.0 Å². The van der Waals surface area contributed by atoms with Crippen molar-refractivity contribution in [2.24, 2.45) is 0 Å². The molecule has 204 valence electrons. The molecule has 3 N–H and O–H groups in total. The Bertz CT molecular complexity index is 1490. The summed E-state index contributed by atoms with van der Waals surface area (Å²) in [7, 11) is 3.92. The number of aromatic hydroxyl groups is 1. The minimum atomic E-state index is -1.12. The molecule has 0 saturated carbocycles. The highest BCUT2D eigenvalue weighted by Gasteiger charge is 2.33. The minimum Gasteiger partial charge on any atom is -0.493 e. The van der Waals surface area contributed by atoms with Crippen LogP contribution in [0.1, 0.15) is 41.9 Å². The first-order valence-corrected chi connectivity index (χ1v) is 13.3. The van der Waals surface area contributed by atoms with E-state index in [-0.39, 0.29) is 28.2 Å². The molecule has 10 nitrogen and oxygen atoms in total. The van der Waals surface area contributed by atoms with Crippen LogP contribution in [0.25, 0.3) is 11.3 Å². The maximum absolute atomic E-state index is 13.6. The molecule has 0 radical (unpaired) electrons. The summed E-state index contributed by atoms with van der Waals surface area (Å²) in [4.78, 5) is 47.4. The summed E-state index contributed by atoms with van der Waals surface area (Å²) >= 11 is 1.11. The summed E-state index contributed by atoms with van der Waals surface area (Å²) in [5.41, 5.74) is 1.14. The van der Waals surface area contributed by atoms with Crippen LogP contribution in [0.15, 0.2) is 64.8 Å². The molecule has 0 saturated heterocycles. The van der Waals surface area contributed by atoms with Crippen molar-refractivity contribution < 1.29 is 19.4 Å². The monoisotopic (exact) mass is 549 g/mol. The van der Waals surface area contributed by atoms with Gasteiger partial charge in [0, 0.05) is 30.3 Å². The van der Waals surface area contributed by atoms with Crippen molar-refractivity contribution in [2.45, 2.75) is 25.8 Å². The normalized spacial score (nSPS) is 12.7. The Morgan fingerprint density at radius 1 is 1.15 bits per heavy atom. The number of nitrogens with one attached hydrogen (secondary N) is 2. The number of aromatic nitrogens is 3. The molecule has 0 fully saturated rings. The minimum absolute atomic E-state index is 0.186. The van der Waals surface area contributed by atoms with Gasteiger partial charge in [0.05, 0.1) is 0 Å². The number of H-pyrrole nitrogens is 1. The van der Waals surface area contributed by atoms with Gasteiger partial charge in [-0.3, -0.25) is 9.59 Å². The molecule has 0 aliphatic carbocycles. The molecular weight excluding hydrogens is 518 g/mol. The third kappa shape index (κ3) is 6.44. The van der Waals surface area contributed by atoms with Crippen LogP contribution in [-0.4, -0.2) is 63.5 Å². The largest absolute Gasteiger partial charge is 0.493 e. The number of likely N-dealkylation sites (N-methyl/N-ethyl adjacent to an activating group) is 1. The summed E-state index contributed by atoms with van der Waals surface area (Å²) in [5.74, 6) is -0.987. The van der Waals surface area contributed by atoms with Crippen molar-refractivity contribution in [2.75, 3.05) is 32.6 Å². The number of carbonyl (C=O) groups is 2. The van der Waals surface area contributed by atoms with Crippen molar-refractivity contribution in [3.63, 3.8) is 0 Å². The Balaban J connectivity index is 1.67. The fraction of sp³-hybridized carbons (Fsp3) is 0.286. The van der Waals surface area contributed by atoms with Crippen LogP contribution in [0.3, 0.4) is 0 Å². The molecule has 0 aliphatic rings. The van der Waals surface area contributed by atoms with E-state index >= 15 is 0 Å². The van der Waals surface area contributed by atoms with Crippen LogP contribution in [0.4, 0.5) is 5.13 Å². The van der Waals surface area contributed by atoms with E-state index in [4.69, 9.17) is 4.74 Å². The SMILES string of the molecule is CC(=O)c1csc(NC(=O)[C@H]([C@@H](C)c2ccccc2)n2c(O)c(-c3ccc(OCCN(C)C)cc3)[nH]c2=O)n1. The zero-order valence-electron chi connectivity index (χ0n) is 22.2. The molecule has 11 heteroatoms. The highest BCUT2D eigenvalue weighted by molar-refractivity contribution is 7.14. The quantitative estimate of drug-likeness (QED) is 0.240. The molecule has 0 bridgehead atoms. The van der Waals surface area contributed by atoms with Gasteiger partial charge >= 0.3 is 5.69 Å². The lowest BCUT2D eigenvalue weighted by Crippen LogP contribution is -2.35. The van der Waals surface area contributed by atoms with E-state index in [0.29, 0.717) is 17.9 Å². The van der Waals surface area contributed by atoms with E-state index in [1.165, 1.54) is 6.92 Å². The number of imidazole rings is 1. The number of ketones is 1. The first-order chi connectivity index (χ1) is 18.7. The fourth-order valence-corrected chi connectivity index (χ4v) is 4.89. The summed E-state index contributed by atoms with van der Waals surface area (Å²) in [6.07, 6.45) is 0. The van der Waals surface area contributed by atoms with Crippen LogP contribution >= 0.6 is 11.3 Å². The van der Waals surface area contributed by atoms with Crippen LogP contribution in [0, 0.1) is 0 Å². The third-order valence-electron chi connectivity index (χ3n) is 6.29. The molecule has 0 spiro atoms. The number of hydrogen-bond acceptors (Lipinski definition) is 8. The Kier molecular flexibility index (Phi) is 8.62. The average Bonchev–Trinajstić information content (AvgIpc) is 3.50. The van der Waals surface area contributed by atoms with E-state index in [2.05, 4.69) is 15.3 Å². The second-order valence-electron chi connectivity index (χ2n) is 9.40. The molecule has 2 aromatic carbocycles. The Morgan fingerprint density at radius 3 is 2.46 bits per heavy atom. The van der Waals surface area contributed by atoms with Gasteiger partial charge in [0.15, 0.2) is 10.9 Å². The van der Waals surface area contributed by atoms with Gasteiger partial charge in [-0.2, -0.15) is 0 Å². The molecule has 4 rings (SSSR count). The van der Waals surface area contributed by atoms with E-state index < -0.39 is 23.6 Å². The standard InChI is InChI=1S/C28H31N5O5S/c1-17(19-8-6-5-7-9-19)24(25(35)31-27-29-22(16-39-27)18(2)34)33-26(36)23(30-28(33)37)20-10-12-21(13-11-20)38-15-14-32(3)4/h5-13,16-17,24,36H,14-15H2,1-4H3,(H,30,37)(H,29,31,35)/t17-,24-/m0/s1. The van der Waals surface area contributed by atoms with Gasteiger partial charge in [-0.15, -0.1) is 11.3 Å². The summed E-state index contributed by atoms with van der Waals surface area (Å²) in [6, 6.07) is 15.1. The lowest BCUT2D eigenvalue weighted by atomic mass is 9.92. The zero-order valence-corrected chi connectivity index (χ0v) is 23.0. The molecule has 2 atom stereocenters. The van der Waals surface area contributed by atoms with Gasteiger partial charge in [0.2, 0.25) is 11.8 Å². The summed E-state index contributed by atoms with van der Waals surface area (Å²) in [5, 5.41) is 15.7. The average molecular weight is 550 g/mol. The molecule has 0 aliphatic heterocycles. The number of nitrogens with zero attached hydrogens (tertiary/aromatic N) is 3. The van der Waals surface area contributed by atoms with Gasteiger partial charge in [0.1, 0.15) is 29.8 Å². The Hall–Kier alpha value is -4.22. The van der Waals surface area contributed by atoms with Crippen LogP contribution in [0.2, 0.25) is 0 Å². The van der Waals surface area contributed by atoms with Crippen molar-refractivity contribution in [1.82, 2.24) is 19.4 Å². The lowest BCUT2D eigenvalue weighted by molar-refractivity contribution is -0.120. The third-order valence-corrected chi connectivity index (χ3v) is 7.05. The number of thiazole rings is 1. The predicted molar refractivity (Wildman–Crippen MR) is 151 cm³/mol. The second kappa shape index (κ2) is 12.1. The molecule has 0 unspecified atom stereocenters. The topological polar surface area (TPSA) is 130 Å². The molecular formula is C28H31N5O5S. The number of benzene rings is 2. The maximum Gasteiger partial charge on any atom is 0.329 e. The second-order valence-corrected chi connectivity index (χ2v) is 10.3. The number of anilines is 1. The number of ether oxygens (including phenoxy) is 1. The number of aromatic amines is 1. The van der Waals surface area contributed by atoms with Gasteiger partial charge < -0.3 is 25.0 Å². The van der Waals surface area contributed by atoms with Gasteiger partial charge in [0.25, 0.3) is 0 Å². The van der Waals surface area contributed by atoms with Crippen LogP contribution in [0.5, 0.6) is 11.6 Å². The van der Waals surface area contributed by atoms with Gasteiger partial charge in [-0.1, -0.05) is 37.3 Å². The zero-order chi connectivity index (χ0) is 28.1. The molecule has 2 aromatic heterocycles. The number of hydrogen-bond donors (Lipinski definition) is 3. The number of Topliss-reactive ketones (excluding diaryl/α,β-unsaturated/α-hetero) is 1. The van der Waals surface area contributed by atoms with Crippen molar-refractivity contribution in [3.8, 4) is 22.9 Å². The van der Waals surface area contributed by atoms with Gasteiger partial charge in [-0.25, -0.2) is 14.3 Å². The van der Waals surface area contributed by atoms with Crippen LogP contribution in [-0.2, 0) is 4.79 Å². The summed E-state index contributed by atoms with van der Waals surface area (Å²) < 4.78 is 6.79. The van der Waals surface area contributed by atoms with Gasteiger partial charge in [-0.05, 0) is 43.9 Å². The fourth-order valence-electron chi connectivity index (χ4n) is 4.14. The van der Waals surface area contributed by atoms with E-state index in [9.17, 15) is 19.5 Å². The van der Waals surface area contributed by atoms with E-state index in [1.807, 2.05) is 49.3 Å². The van der Waals surface area contributed by atoms with Crippen molar-refractivity contribution in [3.05, 3.63) is 81.7 Å². The first-order valence-electron chi connectivity index (χ1n) is 12.4. The molecule has 2 heterocycles. The lowest BCUT2D eigenvalue weighted by Gasteiger charge is -2.24. The highest BCUT2D eigenvalue weighted by atomic mass is 32.1. The Labute approximate surface area is 229 Å². The predicted octanol–water partition coefficient (Wildman–Crippen LogP) is 4.13.